The molecule has 1 heterocycles. The molecule has 1 amide bonds. The summed E-state index contributed by atoms with van der Waals surface area (Å²) in [6.07, 6.45) is 3.87. The normalized spacial score (nSPS) is 18.0. The first-order chi connectivity index (χ1) is 10.2. The number of esters is 1. The molecule has 1 aromatic rings. The highest BCUT2D eigenvalue weighted by molar-refractivity contribution is 5.95. The zero-order valence-corrected chi connectivity index (χ0v) is 12.4. The predicted molar refractivity (Wildman–Crippen MR) is 81.3 cm³/mol. The van der Waals surface area contributed by atoms with Gasteiger partial charge in [-0.2, -0.15) is 0 Å². The molecule has 0 saturated carbocycles. The van der Waals surface area contributed by atoms with E-state index in [-0.39, 0.29) is 17.9 Å². The van der Waals surface area contributed by atoms with Crippen LogP contribution in [-0.4, -0.2) is 31.1 Å². The fourth-order valence-electron chi connectivity index (χ4n) is 2.27. The number of amides is 1. The number of carbonyl (C=O) groups excluding carboxylic acids is 2. The molecule has 1 atom stereocenters. The van der Waals surface area contributed by atoms with E-state index in [1.165, 1.54) is 0 Å². The molecule has 0 aliphatic carbocycles. The number of carbonyl (C=O) groups is 2. The Balaban J connectivity index is 1.89. The third-order valence-electron chi connectivity index (χ3n) is 3.45. The van der Waals surface area contributed by atoms with Crippen molar-refractivity contribution in [1.82, 2.24) is 5.32 Å². The van der Waals surface area contributed by atoms with Crippen LogP contribution >= 0.6 is 0 Å². The van der Waals surface area contributed by atoms with Crippen LogP contribution < -0.4 is 10.6 Å². The van der Waals surface area contributed by atoms with E-state index in [9.17, 15) is 9.59 Å². The average Bonchev–Trinajstić information content (AvgIpc) is 2.54. The zero-order chi connectivity index (χ0) is 15.1. The number of anilines is 1. The Kier molecular flexibility index (Phi) is 5.75. The first-order valence-corrected chi connectivity index (χ1v) is 7.52. The van der Waals surface area contributed by atoms with E-state index in [1.54, 1.807) is 24.3 Å². The Morgan fingerprint density at radius 1 is 1.29 bits per heavy atom. The average molecular weight is 290 g/mol. The van der Waals surface area contributed by atoms with Crippen LogP contribution in [0, 0.1) is 0 Å². The van der Waals surface area contributed by atoms with Crippen LogP contribution in [0.15, 0.2) is 24.3 Å². The lowest BCUT2D eigenvalue weighted by molar-refractivity contribution is -0.118. The maximum atomic E-state index is 12.1. The lowest BCUT2D eigenvalue weighted by Gasteiger charge is -2.22. The number of benzene rings is 1. The fraction of sp³-hybridized carbons (Fsp3) is 0.500. The van der Waals surface area contributed by atoms with Crippen LogP contribution in [0.5, 0.6) is 0 Å². The monoisotopic (exact) mass is 290 g/mol. The van der Waals surface area contributed by atoms with E-state index in [2.05, 4.69) is 10.6 Å². The minimum absolute atomic E-state index is 0.0176. The van der Waals surface area contributed by atoms with E-state index >= 15 is 0 Å². The van der Waals surface area contributed by atoms with Crippen molar-refractivity contribution < 1.29 is 14.3 Å². The van der Waals surface area contributed by atoms with Gasteiger partial charge in [-0.05, 0) is 50.1 Å². The Hall–Kier alpha value is -1.88. The molecule has 1 aromatic carbocycles. The van der Waals surface area contributed by atoms with Crippen molar-refractivity contribution in [3.05, 3.63) is 29.8 Å². The van der Waals surface area contributed by atoms with Crippen LogP contribution in [0.4, 0.5) is 5.69 Å². The van der Waals surface area contributed by atoms with Crippen molar-refractivity contribution in [3.8, 4) is 0 Å². The van der Waals surface area contributed by atoms with Gasteiger partial charge in [-0.25, -0.2) is 4.79 Å². The highest BCUT2D eigenvalue weighted by atomic mass is 16.5. The summed E-state index contributed by atoms with van der Waals surface area (Å²) >= 11 is 0. The molecule has 1 aliphatic rings. The fourth-order valence-corrected chi connectivity index (χ4v) is 2.27. The van der Waals surface area contributed by atoms with Gasteiger partial charge in [0.25, 0.3) is 0 Å². The molecule has 21 heavy (non-hydrogen) atoms. The molecule has 0 spiro atoms. The molecule has 1 unspecified atom stereocenters. The molecule has 0 aromatic heterocycles. The molecule has 0 bridgehead atoms. The zero-order valence-electron chi connectivity index (χ0n) is 12.4. The summed E-state index contributed by atoms with van der Waals surface area (Å²) in [4.78, 5) is 23.7. The van der Waals surface area contributed by atoms with E-state index in [0.717, 1.165) is 32.2 Å². The number of ether oxygens (including phenoxy) is 1. The van der Waals surface area contributed by atoms with Crippen molar-refractivity contribution in [2.75, 3.05) is 18.5 Å². The number of hydrogen-bond donors (Lipinski definition) is 2. The number of piperidine rings is 1. The van der Waals surface area contributed by atoms with Gasteiger partial charge >= 0.3 is 5.97 Å². The lowest BCUT2D eigenvalue weighted by atomic mass is 10.0. The third kappa shape index (κ3) is 4.56. The van der Waals surface area contributed by atoms with E-state index in [1.807, 2.05) is 6.92 Å². The van der Waals surface area contributed by atoms with Gasteiger partial charge in [-0.1, -0.05) is 13.3 Å². The highest BCUT2D eigenvalue weighted by Gasteiger charge is 2.20. The van der Waals surface area contributed by atoms with Crippen molar-refractivity contribution in [1.29, 1.82) is 0 Å². The first-order valence-electron chi connectivity index (χ1n) is 7.52. The summed E-state index contributed by atoms with van der Waals surface area (Å²) < 4.78 is 5.06. The number of hydrogen-bond acceptors (Lipinski definition) is 4. The topological polar surface area (TPSA) is 67.4 Å². The Labute approximate surface area is 125 Å². The van der Waals surface area contributed by atoms with Crippen molar-refractivity contribution in [3.63, 3.8) is 0 Å². The summed E-state index contributed by atoms with van der Waals surface area (Å²) in [5, 5.41) is 6.07. The molecular formula is C16H22N2O3. The van der Waals surface area contributed by atoms with Gasteiger partial charge in [-0.3, -0.25) is 4.79 Å². The van der Waals surface area contributed by atoms with Gasteiger partial charge in [-0.15, -0.1) is 0 Å². The van der Waals surface area contributed by atoms with Gasteiger partial charge in [0.1, 0.15) is 0 Å². The van der Waals surface area contributed by atoms with Crippen LogP contribution in [0.1, 0.15) is 43.0 Å². The molecule has 5 nitrogen and oxygen atoms in total. The molecule has 1 saturated heterocycles. The van der Waals surface area contributed by atoms with Crippen molar-refractivity contribution in [2.45, 2.75) is 38.6 Å². The minimum atomic E-state index is -0.330. The maximum absolute atomic E-state index is 12.1. The second-order valence-electron chi connectivity index (χ2n) is 5.21. The SMILES string of the molecule is CCCOC(=O)c1ccc(NC(=O)C2CCCCN2)cc1. The quantitative estimate of drug-likeness (QED) is 0.817. The lowest BCUT2D eigenvalue weighted by Crippen LogP contribution is -2.43. The number of rotatable bonds is 5. The first kappa shape index (κ1) is 15.5. The van der Waals surface area contributed by atoms with E-state index < -0.39 is 0 Å². The van der Waals surface area contributed by atoms with E-state index in [0.29, 0.717) is 17.9 Å². The molecule has 5 heteroatoms. The Morgan fingerprint density at radius 3 is 2.67 bits per heavy atom. The minimum Gasteiger partial charge on any atom is -0.462 e. The Morgan fingerprint density at radius 2 is 2.05 bits per heavy atom. The number of nitrogens with one attached hydrogen (secondary N) is 2. The Bertz CT molecular complexity index is 479. The van der Waals surface area contributed by atoms with Crippen LogP contribution in [0.2, 0.25) is 0 Å². The summed E-state index contributed by atoms with van der Waals surface area (Å²) in [5.74, 6) is -0.348. The van der Waals surface area contributed by atoms with Crippen LogP contribution in [0.25, 0.3) is 0 Å². The summed E-state index contributed by atoms with van der Waals surface area (Å²) in [7, 11) is 0. The summed E-state index contributed by atoms with van der Waals surface area (Å²) in [5.41, 5.74) is 1.19. The second-order valence-corrected chi connectivity index (χ2v) is 5.21. The largest absolute Gasteiger partial charge is 0.462 e. The van der Waals surface area contributed by atoms with Gasteiger partial charge in [0.2, 0.25) is 5.91 Å². The highest BCUT2D eigenvalue weighted by Crippen LogP contribution is 2.13. The second kappa shape index (κ2) is 7.78. The molecule has 0 radical (unpaired) electrons. The van der Waals surface area contributed by atoms with Crippen LogP contribution in [0.3, 0.4) is 0 Å². The van der Waals surface area contributed by atoms with E-state index in [4.69, 9.17) is 4.74 Å². The predicted octanol–water partition coefficient (Wildman–Crippen LogP) is 2.33. The smallest absolute Gasteiger partial charge is 0.338 e. The van der Waals surface area contributed by atoms with Crippen molar-refractivity contribution >= 4 is 17.6 Å². The molecule has 1 fully saturated rings. The van der Waals surface area contributed by atoms with Gasteiger partial charge in [0.15, 0.2) is 0 Å². The summed E-state index contributed by atoms with van der Waals surface area (Å²) in [6.45, 7) is 3.26. The van der Waals surface area contributed by atoms with Gasteiger partial charge in [0, 0.05) is 5.69 Å². The summed E-state index contributed by atoms with van der Waals surface area (Å²) in [6, 6.07) is 6.67. The standard InChI is InChI=1S/C16H22N2O3/c1-2-11-21-16(20)12-6-8-13(9-7-12)18-15(19)14-5-3-4-10-17-14/h6-9,14,17H,2-5,10-11H2,1H3,(H,18,19). The molecule has 2 N–H and O–H groups in total. The van der Waals surface area contributed by atoms with Crippen molar-refractivity contribution in [2.24, 2.45) is 0 Å². The van der Waals surface area contributed by atoms with Gasteiger partial charge in [0.05, 0.1) is 18.2 Å². The van der Waals surface area contributed by atoms with Gasteiger partial charge < -0.3 is 15.4 Å². The molecule has 1 aliphatic heterocycles. The molecule has 114 valence electrons. The maximum Gasteiger partial charge on any atom is 0.338 e. The van der Waals surface area contributed by atoms with Crippen LogP contribution in [-0.2, 0) is 9.53 Å². The third-order valence-corrected chi connectivity index (χ3v) is 3.45. The molecular weight excluding hydrogens is 268 g/mol. The molecule has 2 rings (SSSR count).